The lowest BCUT2D eigenvalue weighted by Gasteiger charge is -2.33. The van der Waals surface area contributed by atoms with Crippen LogP contribution >= 0.6 is 23.2 Å². The molecule has 1 heterocycles. The quantitative estimate of drug-likeness (QED) is 0.336. The van der Waals surface area contributed by atoms with Gasteiger partial charge in [-0.05, 0) is 49.6 Å². The molecule has 0 aromatic heterocycles. The van der Waals surface area contributed by atoms with Crippen LogP contribution in [0.4, 0.5) is 5.69 Å². The molecule has 2 aromatic carbocycles. The number of ether oxygens (including phenoxy) is 2. The number of carbonyl (C=O) groups excluding carboxylic acids is 2. The van der Waals surface area contributed by atoms with Gasteiger partial charge in [-0.25, -0.2) is 8.42 Å². The van der Waals surface area contributed by atoms with Gasteiger partial charge in [0.15, 0.2) is 11.5 Å². The molecule has 214 valence electrons. The molecule has 0 spiro atoms. The molecule has 0 bridgehead atoms. The molecule has 1 N–H and O–H groups in total. The van der Waals surface area contributed by atoms with Gasteiger partial charge in [-0.1, -0.05) is 49.5 Å². The molecule has 3 rings (SSSR count). The second-order valence-electron chi connectivity index (χ2n) is 9.07. The summed E-state index contributed by atoms with van der Waals surface area (Å²) in [5.74, 6) is -0.164. The first kappa shape index (κ1) is 30.8. The van der Waals surface area contributed by atoms with E-state index in [1.54, 1.807) is 43.3 Å². The van der Waals surface area contributed by atoms with E-state index in [9.17, 15) is 18.0 Å². The van der Waals surface area contributed by atoms with E-state index in [0.29, 0.717) is 53.3 Å². The normalized spacial score (nSPS) is 13.5. The Balaban J connectivity index is 1.97. The van der Waals surface area contributed by atoms with Gasteiger partial charge in [0.05, 0.1) is 21.5 Å². The van der Waals surface area contributed by atoms with Gasteiger partial charge in [0, 0.05) is 19.2 Å². The molecule has 0 radical (unpaired) electrons. The Kier molecular flexibility index (Phi) is 11.1. The molecule has 9 nitrogen and oxygen atoms in total. The number of unbranched alkanes of at least 4 members (excludes halogenated alkanes) is 1. The Morgan fingerprint density at radius 3 is 2.36 bits per heavy atom. The predicted octanol–water partition coefficient (Wildman–Crippen LogP) is 4.64. The first-order valence-electron chi connectivity index (χ1n) is 13.0. The number of halogens is 2. The number of rotatable bonds is 13. The lowest BCUT2D eigenvalue weighted by Crippen LogP contribution is -2.52. The van der Waals surface area contributed by atoms with Gasteiger partial charge in [0.2, 0.25) is 21.8 Å². The minimum absolute atomic E-state index is 0.0383. The fraction of sp³-hybridized carbons (Fsp3) is 0.481. The average molecular weight is 601 g/mol. The first-order chi connectivity index (χ1) is 18.6. The van der Waals surface area contributed by atoms with E-state index in [2.05, 4.69) is 5.32 Å². The number of nitrogens with zero attached hydrogens (tertiary/aromatic N) is 2. The Hall–Kier alpha value is -2.69. The molecular weight excluding hydrogens is 565 g/mol. The minimum atomic E-state index is -3.87. The smallest absolute Gasteiger partial charge is 0.244 e. The third-order valence-corrected chi connectivity index (χ3v) is 8.83. The van der Waals surface area contributed by atoms with Gasteiger partial charge >= 0.3 is 0 Å². The van der Waals surface area contributed by atoms with Gasteiger partial charge in [-0.15, -0.1) is 0 Å². The Morgan fingerprint density at radius 2 is 1.72 bits per heavy atom. The molecule has 2 amide bonds. The fourth-order valence-corrected chi connectivity index (χ4v) is 5.54. The van der Waals surface area contributed by atoms with Crippen molar-refractivity contribution in [2.75, 3.05) is 36.4 Å². The van der Waals surface area contributed by atoms with Crippen molar-refractivity contribution in [3.05, 3.63) is 52.0 Å². The molecule has 1 aliphatic heterocycles. The summed E-state index contributed by atoms with van der Waals surface area (Å²) in [6, 6.07) is 8.89. The van der Waals surface area contributed by atoms with Crippen molar-refractivity contribution in [1.82, 2.24) is 10.2 Å². The van der Waals surface area contributed by atoms with Crippen LogP contribution in [0.2, 0.25) is 10.0 Å². The fourth-order valence-electron chi connectivity index (χ4n) is 4.17. The van der Waals surface area contributed by atoms with Crippen LogP contribution in [0.1, 0.15) is 45.6 Å². The van der Waals surface area contributed by atoms with Crippen molar-refractivity contribution in [2.45, 2.75) is 52.6 Å². The van der Waals surface area contributed by atoms with Crippen LogP contribution in [0.5, 0.6) is 11.5 Å². The van der Waals surface area contributed by atoms with Gasteiger partial charge in [-0.3, -0.25) is 13.9 Å². The van der Waals surface area contributed by atoms with Crippen LogP contribution in [0.15, 0.2) is 36.4 Å². The van der Waals surface area contributed by atoms with Crippen molar-refractivity contribution in [3.63, 3.8) is 0 Å². The molecule has 0 saturated carbocycles. The highest BCUT2D eigenvalue weighted by molar-refractivity contribution is 7.92. The van der Waals surface area contributed by atoms with Crippen LogP contribution < -0.4 is 19.1 Å². The molecular formula is C27H35Cl2N3O6S. The topological polar surface area (TPSA) is 105 Å². The van der Waals surface area contributed by atoms with Crippen molar-refractivity contribution < 1.29 is 27.5 Å². The number of nitrogens with one attached hydrogen (secondary N) is 1. The van der Waals surface area contributed by atoms with E-state index in [4.69, 9.17) is 32.7 Å². The summed E-state index contributed by atoms with van der Waals surface area (Å²) >= 11 is 12.3. The number of sulfonamides is 1. The number of anilines is 1. The first-order valence-corrected chi connectivity index (χ1v) is 15.4. The molecule has 2 aromatic rings. The largest absolute Gasteiger partial charge is 0.486 e. The highest BCUT2D eigenvalue weighted by atomic mass is 35.5. The molecule has 0 fully saturated rings. The standard InChI is InChI=1S/C27H35Cl2N3O6S/c1-4-7-12-30-27(34)23(5-2)31(17-19-8-10-21(28)22(29)15-19)26(33)18-32(39(35,36)6-3)20-9-11-24-25(16-20)38-14-13-37-24/h8-11,15-16,23H,4-7,12-14,17-18H2,1-3H3,(H,30,34)/t23-/m1/s1. The Morgan fingerprint density at radius 1 is 1.00 bits per heavy atom. The second-order valence-corrected chi connectivity index (χ2v) is 12.1. The van der Waals surface area contributed by atoms with E-state index >= 15 is 0 Å². The van der Waals surface area contributed by atoms with Gasteiger partial charge < -0.3 is 19.7 Å². The maximum absolute atomic E-state index is 13.9. The zero-order valence-corrected chi connectivity index (χ0v) is 24.7. The predicted molar refractivity (Wildman–Crippen MR) is 153 cm³/mol. The Bertz CT molecular complexity index is 1270. The highest BCUT2D eigenvalue weighted by Gasteiger charge is 2.33. The maximum atomic E-state index is 13.9. The number of benzene rings is 2. The van der Waals surface area contributed by atoms with Gasteiger partial charge in [0.25, 0.3) is 0 Å². The van der Waals surface area contributed by atoms with E-state index in [0.717, 1.165) is 17.1 Å². The lowest BCUT2D eigenvalue weighted by molar-refractivity contribution is -0.140. The zero-order valence-electron chi connectivity index (χ0n) is 22.4. The Labute approximate surface area is 240 Å². The van der Waals surface area contributed by atoms with Crippen molar-refractivity contribution >= 4 is 50.7 Å². The molecule has 1 atom stereocenters. The summed E-state index contributed by atoms with van der Waals surface area (Å²) in [6.07, 6.45) is 2.04. The van der Waals surface area contributed by atoms with Crippen LogP contribution in [-0.4, -0.2) is 63.2 Å². The number of fused-ring (bicyclic) bond motifs is 1. The monoisotopic (exact) mass is 599 g/mol. The summed E-state index contributed by atoms with van der Waals surface area (Å²) in [5.41, 5.74) is 0.922. The highest BCUT2D eigenvalue weighted by Crippen LogP contribution is 2.35. The number of hydrogen-bond donors (Lipinski definition) is 1. The SMILES string of the molecule is CCCCNC(=O)[C@@H](CC)N(Cc1ccc(Cl)c(Cl)c1)C(=O)CN(c1ccc2c(c1)OCCO2)S(=O)(=O)CC. The van der Waals surface area contributed by atoms with E-state index in [-0.39, 0.29) is 23.9 Å². The summed E-state index contributed by atoms with van der Waals surface area (Å²) in [5, 5.41) is 3.57. The zero-order chi connectivity index (χ0) is 28.6. The molecule has 0 saturated heterocycles. The van der Waals surface area contributed by atoms with E-state index in [1.807, 2.05) is 6.92 Å². The molecule has 1 aliphatic rings. The second kappa shape index (κ2) is 14.1. The summed E-state index contributed by atoms with van der Waals surface area (Å²) in [6.45, 7) is 6.07. The molecule has 0 aliphatic carbocycles. The summed E-state index contributed by atoms with van der Waals surface area (Å²) < 4.78 is 38.6. The van der Waals surface area contributed by atoms with Crippen LogP contribution in [0, 0.1) is 0 Å². The van der Waals surface area contributed by atoms with Crippen LogP contribution in [-0.2, 0) is 26.2 Å². The van der Waals surface area contributed by atoms with E-state index < -0.39 is 28.5 Å². The third kappa shape index (κ3) is 7.93. The van der Waals surface area contributed by atoms with Gasteiger partial charge in [-0.2, -0.15) is 0 Å². The minimum Gasteiger partial charge on any atom is -0.486 e. The number of carbonyl (C=O) groups is 2. The molecule has 0 unspecified atom stereocenters. The molecule has 12 heteroatoms. The molecule has 39 heavy (non-hydrogen) atoms. The summed E-state index contributed by atoms with van der Waals surface area (Å²) in [7, 11) is -3.87. The van der Waals surface area contributed by atoms with Crippen molar-refractivity contribution in [1.29, 1.82) is 0 Å². The van der Waals surface area contributed by atoms with Crippen molar-refractivity contribution in [2.24, 2.45) is 0 Å². The van der Waals surface area contributed by atoms with Crippen LogP contribution in [0.3, 0.4) is 0 Å². The van der Waals surface area contributed by atoms with Crippen molar-refractivity contribution in [3.8, 4) is 11.5 Å². The van der Waals surface area contributed by atoms with Gasteiger partial charge in [0.1, 0.15) is 25.8 Å². The number of amides is 2. The average Bonchev–Trinajstić information content (AvgIpc) is 2.93. The number of hydrogen-bond acceptors (Lipinski definition) is 6. The lowest BCUT2D eigenvalue weighted by atomic mass is 10.1. The maximum Gasteiger partial charge on any atom is 0.244 e. The summed E-state index contributed by atoms with van der Waals surface area (Å²) in [4.78, 5) is 28.5. The van der Waals surface area contributed by atoms with E-state index in [1.165, 1.54) is 11.8 Å². The van der Waals surface area contributed by atoms with Crippen LogP contribution in [0.25, 0.3) is 0 Å². The third-order valence-electron chi connectivity index (χ3n) is 6.35.